The monoisotopic (exact) mass is 461 g/mol. The van der Waals surface area contributed by atoms with Crippen molar-refractivity contribution in [1.82, 2.24) is 25.4 Å². The fraction of sp³-hybridized carbons (Fsp3) is 0.429. The number of benzene rings is 1. The molecule has 0 spiro atoms. The van der Waals surface area contributed by atoms with Crippen molar-refractivity contribution in [3.05, 3.63) is 51.9 Å². The highest BCUT2D eigenvalue weighted by Crippen LogP contribution is 2.31. The van der Waals surface area contributed by atoms with Gasteiger partial charge in [0.05, 0.1) is 18.2 Å². The Labute approximate surface area is 189 Å². The Morgan fingerprint density at radius 3 is 2.84 bits per heavy atom. The van der Waals surface area contributed by atoms with Crippen LogP contribution in [0.15, 0.2) is 40.7 Å². The lowest BCUT2D eigenvalue weighted by atomic mass is 9.95. The van der Waals surface area contributed by atoms with Gasteiger partial charge in [-0.25, -0.2) is 9.59 Å². The molecule has 0 fully saturated rings. The van der Waals surface area contributed by atoms with Crippen molar-refractivity contribution in [2.75, 3.05) is 12.4 Å². The predicted octanol–water partition coefficient (Wildman–Crippen LogP) is 3.62. The number of nitrogens with zero attached hydrogens (tertiary/aromatic N) is 3. The van der Waals surface area contributed by atoms with E-state index in [1.165, 1.54) is 18.2 Å². The van der Waals surface area contributed by atoms with E-state index in [1.807, 2.05) is 0 Å². The lowest BCUT2D eigenvalue weighted by Crippen LogP contribution is -2.46. The number of rotatable bonds is 6. The van der Waals surface area contributed by atoms with Crippen molar-refractivity contribution in [1.29, 1.82) is 0 Å². The number of nitrogens with one attached hydrogen (secondary N) is 2. The maximum atomic E-state index is 12.9. The number of aromatic nitrogens is 3. The first-order valence-electron chi connectivity index (χ1n) is 10.3. The van der Waals surface area contributed by atoms with E-state index in [0.717, 1.165) is 42.4 Å². The Hall–Kier alpha value is -2.52. The molecule has 164 valence electrons. The molecule has 3 heterocycles. The first kappa shape index (κ1) is 21.7. The lowest BCUT2D eigenvalue weighted by Gasteiger charge is -2.29. The third-order valence-corrected chi connectivity index (χ3v) is 6.52. The normalized spacial score (nSPS) is 18.6. The van der Waals surface area contributed by atoms with Gasteiger partial charge in [-0.3, -0.25) is 0 Å². The van der Waals surface area contributed by atoms with Crippen LogP contribution in [0.5, 0.6) is 0 Å². The van der Waals surface area contributed by atoms with E-state index in [-0.39, 0.29) is 12.6 Å². The lowest BCUT2D eigenvalue weighted by molar-refractivity contribution is -0.139. The van der Waals surface area contributed by atoms with Crippen LogP contribution in [0.25, 0.3) is 0 Å². The fourth-order valence-corrected chi connectivity index (χ4v) is 4.87. The Kier molecular flexibility index (Phi) is 6.82. The number of ether oxygens (including phenoxy) is 1. The van der Waals surface area contributed by atoms with Crippen LogP contribution in [0.3, 0.4) is 0 Å². The average molecular weight is 462 g/mol. The molecule has 1 aromatic carbocycles. The number of carbonyl (C=O) groups excluding carboxylic acids is 2. The predicted molar refractivity (Wildman–Crippen MR) is 118 cm³/mol. The van der Waals surface area contributed by atoms with Crippen LogP contribution < -0.4 is 10.6 Å². The molecule has 0 aliphatic carbocycles. The van der Waals surface area contributed by atoms with Gasteiger partial charge >= 0.3 is 12.0 Å². The summed E-state index contributed by atoms with van der Waals surface area (Å²) in [5.74, 6) is 0.891. The number of thioether (sulfide) groups is 1. The van der Waals surface area contributed by atoms with Crippen molar-refractivity contribution in [3.63, 3.8) is 0 Å². The largest absolute Gasteiger partial charge is 0.463 e. The summed E-state index contributed by atoms with van der Waals surface area (Å²) in [5.41, 5.74) is 1.64. The Bertz CT molecular complexity index is 1000. The minimum absolute atomic E-state index is 0.238. The second-order valence-corrected chi connectivity index (χ2v) is 8.72. The number of urea groups is 1. The molecule has 0 radical (unpaired) electrons. The summed E-state index contributed by atoms with van der Waals surface area (Å²) in [5, 5.41) is 15.6. The maximum absolute atomic E-state index is 12.9. The van der Waals surface area contributed by atoms with E-state index in [9.17, 15) is 9.59 Å². The first-order chi connectivity index (χ1) is 15.1. The van der Waals surface area contributed by atoms with Crippen LogP contribution in [0.2, 0.25) is 5.02 Å². The molecule has 2 aliphatic heterocycles. The number of fused-ring (bicyclic) bond motifs is 1. The average Bonchev–Trinajstić information content (AvgIpc) is 2.98. The number of hydrogen-bond acceptors (Lipinski definition) is 6. The molecule has 0 saturated heterocycles. The number of aryl methyl sites for hydroxylation is 1. The Balaban J connectivity index is 1.65. The van der Waals surface area contributed by atoms with Crippen LogP contribution in [-0.2, 0) is 22.5 Å². The van der Waals surface area contributed by atoms with E-state index >= 15 is 0 Å². The number of hydrogen-bond donors (Lipinski definition) is 2. The smallest absolute Gasteiger partial charge is 0.338 e. The van der Waals surface area contributed by atoms with Gasteiger partial charge in [0.2, 0.25) is 0 Å². The third-order valence-electron chi connectivity index (χ3n) is 5.27. The highest BCUT2D eigenvalue weighted by molar-refractivity contribution is 7.99. The molecule has 1 aromatic heterocycles. The second kappa shape index (κ2) is 9.74. The van der Waals surface area contributed by atoms with E-state index in [4.69, 9.17) is 16.3 Å². The molecular formula is C21H24ClN5O3S. The van der Waals surface area contributed by atoms with Gasteiger partial charge in [0.25, 0.3) is 0 Å². The van der Waals surface area contributed by atoms with Crippen molar-refractivity contribution in [2.45, 2.75) is 50.4 Å². The molecule has 2 aromatic rings. The zero-order valence-electron chi connectivity index (χ0n) is 17.2. The van der Waals surface area contributed by atoms with Crippen molar-refractivity contribution in [3.8, 4) is 0 Å². The van der Waals surface area contributed by atoms with Gasteiger partial charge in [0, 0.05) is 29.4 Å². The first-order valence-corrected chi connectivity index (χ1v) is 11.7. The van der Waals surface area contributed by atoms with Crippen molar-refractivity contribution >= 4 is 35.4 Å². The summed E-state index contributed by atoms with van der Waals surface area (Å²) in [4.78, 5) is 25.3. The second-order valence-electron chi connectivity index (χ2n) is 7.35. The Morgan fingerprint density at radius 1 is 1.26 bits per heavy atom. The minimum atomic E-state index is -0.629. The van der Waals surface area contributed by atoms with E-state index in [2.05, 4.69) is 25.4 Å². The van der Waals surface area contributed by atoms with Crippen LogP contribution >= 0.6 is 23.4 Å². The summed E-state index contributed by atoms with van der Waals surface area (Å²) in [6.07, 6.45) is 4.31. The maximum Gasteiger partial charge on any atom is 0.338 e. The standard InChI is InChI=1S/C21H24ClN5O3S/c1-2-30-19(28)17-15(12-31-21-26-25-16-6-4-3-5-11-27(16)21)23-20(29)24-18(17)13-7-9-14(22)10-8-13/h7-10,18H,2-6,11-12H2,1H3,(H2,23,24,29). The molecule has 10 heteroatoms. The Morgan fingerprint density at radius 2 is 2.06 bits per heavy atom. The van der Waals surface area contributed by atoms with Crippen LogP contribution in [0.1, 0.15) is 43.6 Å². The van der Waals surface area contributed by atoms with Crippen LogP contribution in [0, 0.1) is 0 Å². The molecule has 0 bridgehead atoms. The highest BCUT2D eigenvalue weighted by atomic mass is 35.5. The van der Waals surface area contributed by atoms with Gasteiger partial charge in [-0.05, 0) is 37.5 Å². The highest BCUT2D eigenvalue weighted by Gasteiger charge is 2.34. The van der Waals surface area contributed by atoms with Gasteiger partial charge in [-0.2, -0.15) is 0 Å². The van der Waals surface area contributed by atoms with Gasteiger partial charge in [0.1, 0.15) is 5.82 Å². The zero-order valence-corrected chi connectivity index (χ0v) is 18.8. The quantitative estimate of drug-likeness (QED) is 0.503. The topological polar surface area (TPSA) is 98.1 Å². The molecular weight excluding hydrogens is 438 g/mol. The summed E-state index contributed by atoms with van der Waals surface area (Å²) in [7, 11) is 0. The molecule has 1 atom stereocenters. The van der Waals surface area contributed by atoms with Crippen molar-refractivity contribution < 1.29 is 14.3 Å². The number of amides is 2. The summed E-state index contributed by atoms with van der Waals surface area (Å²) in [6, 6.07) is 6.04. The summed E-state index contributed by atoms with van der Waals surface area (Å²) >= 11 is 7.47. The van der Waals surface area contributed by atoms with Gasteiger partial charge < -0.3 is 19.9 Å². The van der Waals surface area contributed by atoms with Crippen molar-refractivity contribution in [2.24, 2.45) is 0 Å². The molecule has 2 N–H and O–H groups in total. The molecule has 1 unspecified atom stereocenters. The SMILES string of the molecule is CCOC(=O)C1=C(CSc2nnc3n2CCCCC3)NC(=O)NC1c1ccc(Cl)cc1. The minimum Gasteiger partial charge on any atom is -0.463 e. The van der Waals surface area contributed by atoms with Gasteiger partial charge in [-0.15, -0.1) is 10.2 Å². The number of halogens is 1. The van der Waals surface area contributed by atoms with Gasteiger partial charge in [0.15, 0.2) is 5.16 Å². The number of esters is 1. The van der Waals surface area contributed by atoms with E-state index in [1.54, 1.807) is 31.2 Å². The molecule has 8 nitrogen and oxygen atoms in total. The third kappa shape index (κ3) is 4.88. The molecule has 0 saturated carbocycles. The molecule has 31 heavy (non-hydrogen) atoms. The summed E-state index contributed by atoms with van der Waals surface area (Å²) < 4.78 is 7.45. The molecule has 2 aliphatic rings. The summed E-state index contributed by atoms with van der Waals surface area (Å²) in [6.45, 7) is 2.88. The van der Waals surface area contributed by atoms with Crippen LogP contribution in [-0.4, -0.2) is 39.1 Å². The zero-order chi connectivity index (χ0) is 21.8. The van der Waals surface area contributed by atoms with E-state index in [0.29, 0.717) is 22.0 Å². The van der Waals surface area contributed by atoms with E-state index < -0.39 is 12.0 Å². The fourth-order valence-electron chi connectivity index (χ4n) is 3.79. The molecule has 2 amide bonds. The molecule has 4 rings (SSSR count). The van der Waals surface area contributed by atoms with Gasteiger partial charge in [-0.1, -0.05) is 41.9 Å². The number of carbonyl (C=O) groups is 2. The van der Waals surface area contributed by atoms with Crippen LogP contribution in [0.4, 0.5) is 4.79 Å².